The van der Waals surface area contributed by atoms with Crippen molar-refractivity contribution in [1.82, 2.24) is 15.1 Å². The molecule has 1 aliphatic carbocycles. The Bertz CT molecular complexity index is 660. The lowest BCUT2D eigenvalue weighted by molar-refractivity contribution is -0.127. The normalized spacial score (nSPS) is 18.3. The molecule has 0 aromatic heterocycles. The Kier molecular flexibility index (Phi) is 7.01. The molecule has 3 rings (SSSR count). The molecule has 28 heavy (non-hydrogen) atoms. The van der Waals surface area contributed by atoms with E-state index in [1.807, 2.05) is 12.1 Å². The molecule has 0 bridgehead atoms. The number of guanidine groups is 1. The molecule has 1 saturated carbocycles. The number of hydrogen-bond donors (Lipinski definition) is 1. The number of piperazine rings is 1. The minimum atomic E-state index is 0.0302. The highest BCUT2D eigenvalue weighted by Gasteiger charge is 2.24. The Balaban J connectivity index is 1.62. The van der Waals surface area contributed by atoms with E-state index in [0.717, 1.165) is 37.9 Å². The summed E-state index contributed by atoms with van der Waals surface area (Å²) in [6, 6.07) is 8.70. The summed E-state index contributed by atoms with van der Waals surface area (Å²) < 4.78 is 5.25. The molecule has 1 aromatic rings. The van der Waals surface area contributed by atoms with Crippen molar-refractivity contribution in [2.24, 2.45) is 4.99 Å². The molecule has 7 nitrogen and oxygen atoms in total. The quantitative estimate of drug-likeness (QED) is 0.617. The molecule has 0 radical (unpaired) electrons. The predicted octanol–water partition coefficient (Wildman–Crippen LogP) is 1.79. The highest BCUT2D eigenvalue weighted by molar-refractivity contribution is 5.85. The maximum Gasteiger partial charge on any atom is 0.243 e. The largest absolute Gasteiger partial charge is 0.497 e. The van der Waals surface area contributed by atoms with Gasteiger partial charge >= 0.3 is 0 Å². The lowest BCUT2D eigenvalue weighted by atomic mass is 10.2. The Morgan fingerprint density at radius 2 is 1.79 bits per heavy atom. The van der Waals surface area contributed by atoms with Crippen LogP contribution in [-0.2, 0) is 4.79 Å². The average molecular weight is 388 g/mol. The predicted molar refractivity (Wildman–Crippen MR) is 113 cm³/mol. The highest BCUT2D eigenvalue weighted by atomic mass is 16.5. The fraction of sp³-hybridized carbons (Fsp3) is 0.619. The number of nitrogens with zero attached hydrogens (tertiary/aromatic N) is 4. The van der Waals surface area contributed by atoms with E-state index in [2.05, 4.69) is 32.2 Å². The third kappa shape index (κ3) is 5.30. The molecule has 2 fully saturated rings. The number of aliphatic imine (C=N–C) groups is 1. The molecule has 7 heteroatoms. The van der Waals surface area contributed by atoms with Gasteiger partial charge in [0.25, 0.3) is 0 Å². The molecular formula is C21H33N5O2. The molecule has 1 saturated heterocycles. The van der Waals surface area contributed by atoms with Crippen molar-refractivity contribution < 1.29 is 9.53 Å². The Morgan fingerprint density at radius 1 is 1.14 bits per heavy atom. The maximum atomic E-state index is 12.0. The summed E-state index contributed by atoms with van der Waals surface area (Å²) in [6.07, 6.45) is 4.92. The van der Waals surface area contributed by atoms with Crippen molar-refractivity contribution in [3.63, 3.8) is 0 Å². The number of benzene rings is 1. The molecule has 1 amide bonds. The van der Waals surface area contributed by atoms with Crippen molar-refractivity contribution in [3.05, 3.63) is 24.3 Å². The second-order valence-electron chi connectivity index (χ2n) is 7.73. The minimum Gasteiger partial charge on any atom is -0.497 e. The van der Waals surface area contributed by atoms with E-state index >= 15 is 0 Å². The number of anilines is 1. The van der Waals surface area contributed by atoms with Gasteiger partial charge < -0.3 is 24.8 Å². The molecule has 1 aliphatic heterocycles. The number of hydrogen-bond acceptors (Lipinski definition) is 4. The summed E-state index contributed by atoms with van der Waals surface area (Å²) in [5.74, 6) is 1.79. The Hall–Kier alpha value is -2.44. The van der Waals surface area contributed by atoms with E-state index in [-0.39, 0.29) is 12.5 Å². The van der Waals surface area contributed by atoms with Gasteiger partial charge in [0.1, 0.15) is 12.3 Å². The van der Waals surface area contributed by atoms with Crippen LogP contribution < -0.4 is 15.0 Å². The first-order valence-corrected chi connectivity index (χ1v) is 10.2. The first kappa shape index (κ1) is 20.3. The van der Waals surface area contributed by atoms with Crippen LogP contribution in [0, 0.1) is 0 Å². The number of methoxy groups -OCH3 is 1. The number of carbonyl (C=O) groups excluding carboxylic acids is 1. The molecule has 154 valence electrons. The van der Waals surface area contributed by atoms with Gasteiger partial charge in [0.2, 0.25) is 5.91 Å². The maximum absolute atomic E-state index is 12.0. The fourth-order valence-corrected chi connectivity index (χ4v) is 3.74. The lowest BCUT2D eigenvalue weighted by Gasteiger charge is -2.38. The topological polar surface area (TPSA) is 60.4 Å². The zero-order valence-corrected chi connectivity index (χ0v) is 17.4. The minimum absolute atomic E-state index is 0.0302. The number of likely N-dealkylation sites (N-methyl/N-ethyl adjacent to an activating group) is 1. The Labute approximate surface area is 168 Å². The number of carbonyl (C=O) groups is 1. The number of rotatable bonds is 5. The van der Waals surface area contributed by atoms with Crippen LogP contribution >= 0.6 is 0 Å². The van der Waals surface area contributed by atoms with E-state index in [4.69, 9.17) is 4.74 Å². The lowest BCUT2D eigenvalue weighted by Crippen LogP contribution is -2.54. The van der Waals surface area contributed by atoms with Crippen LogP contribution in [-0.4, -0.2) is 81.6 Å². The number of amides is 1. The summed E-state index contributed by atoms with van der Waals surface area (Å²) in [5, 5.41) is 3.62. The van der Waals surface area contributed by atoms with Crippen LogP contribution in [0.3, 0.4) is 0 Å². The molecule has 0 spiro atoms. The average Bonchev–Trinajstić information content (AvgIpc) is 3.24. The van der Waals surface area contributed by atoms with Gasteiger partial charge in [-0.05, 0) is 37.1 Å². The first-order valence-electron chi connectivity index (χ1n) is 10.2. The second-order valence-corrected chi connectivity index (χ2v) is 7.73. The second kappa shape index (κ2) is 9.66. The molecule has 0 unspecified atom stereocenters. The van der Waals surface area contributed by atoms with Gasteiger partial charge in [0.15, 0.2) is 5.96 Å². The van der Waals surface area contributed by atoms with Crippen molar-refractivity contribution >= 4 is 17.6 Å². The van der Waals surface area contributed by atoms with E-state index in [1.165, 1.54) is 31.4 Å². The molecular weight excluding hydrogens is 354 g/mol. The van der Waals surface area contributed by atoms with Crippen molar-refractivity contribution in [3.8, 4) is 5.75 Å². The standard InChI is InChI=1S/C21H33N5O2/c1-24(2)20(27)16-22-21(23-17-6-4-5-7-17)26-14-12-25(13-15-26)18-8-10-19(28-3)11-9-18/h8-11,17H,4-7,12-16H2,1-3H3,(H,22,23). The van der Waals surface area contributed by atoms with Gasteiger partial charge in [-0.25, -0.2) is 4.99 Å². The SMILES string of the molecule is COc1ccc(N2CCN(C(=NCC(=O)N(C)C)NC3CCCC3)CC2)cc1. The van der Waals surface area contributed by atoms with E-state index < -0.39 is 0 Å². The monoisotopic (exact) mass is 387 g/mol. The van der Waals surface area contributed by atoms with Crippen LogP contribution in [0.15, 0.2) is 29.3 Å². The summed E-state index contributed by atoms with van der Waals surface area (Å²) >= 11 is 0. The van der Waals surface area contributed by atoms with Gasteiger partial charge in [-0.15, -0.1) is 0 Å². The molecule has 2 aliphatic rings. The van der Waals surface area contributed by atoms with Gasteiger partial charge in [-0.3, -0.25) is 4.79 Å². The van der Waals surface area contributed by atoms with Crippen LogP contribution in [0.4, 0.5) is 5.69 Å². The number of nitrogens with one attached hydrogen (secondary N) is 1. The zero-order valence-electron chi connectivity index (χ0n) is 17.4. The molecule has 1 aromatic carbocycles. The van der Waals surface area contributed by atoms with Crippen molar-refractivity contribution in [1.29, 1.82) is 0 Å². The van der Waals surface area contributed by atoms with Crippen LogP contribution in [0.2, 0.25) is 0 Å². The molecule has 1 heterocycles. The van der Waals surface area contributed by atoms with E-state index in [9.17, 15) is 4.79 Å². The van der Waals surface area contributed by atoms with Gasteiger partial charge in [-0.2, -0.15) is 0 Å². The van der Waals surface area contributed by atoms with Crippen molar-refractivity contribution in [2.45, 2.75) is 31.7 Å². The summed E-state index contributed by atoms with van der Waals surface area (Å²) in [4.78, 5) is 22.9. The van der Waals surface area contributed by atoms with Gasteiger partial charge in [0.05, 0.1) is 7.11 Å². The van der Waals surface area contributed by atoms with E-state index in [0.29, 0.717) is 6.04 Å². The van der Waals surface area contributed by atoms with E-state index in [1.54, 1.807) is 26.1 Å². The third-order valence-electron chi connectivity index (χ3n) is 5.57. The Morgan fingerprint density at radius 3 is 2.36 bits per heavy atom. The van der Waals surface area contributed by atoms with Gasteiger partial charge in [-0.1, -0.05) is 12.8 Å². The number of ether oxygens (including phenoxy) is 1. The van der Waals surface area contributed by atoms with Crippen LogP contribution in [0.5, 0.6) is 5.75 Å². The summed E-state index contributed by atoms with van der Waals surface area (Å²) in [6.45, 7) is 3.83. The highest BCUT2D eigenvalue weighted by Crippen LogP contribution is 2.21. The molecule has 0 atom stereocenters. The van der Waals surface area contributed by atoms with Crippen LogP contribution in [0.25, 0.3) is 0 Å². The smallest absolute Gasteiger partial charge is 0.243 e. The third-order valence-corrected chi connectivity index (χ3v) is 5.57. The van der Waals surface area contributed by atoms with Crippen LogP contribution in [0.1, 0.15) is 25.7 Å². The first-order chi connectivity index (χ1) is 13.6. The zero-order chi connectivity index (χ0) is 19.9. The summed E-state index contributed by atoms with van der Waals surface area (Å²) in [5.41, 5.74) is 1.21. The fourth-order valence-electron chi connectivity index (χ4n) is 3.74. The molecule has 1 N–H and O–H groups in total. The van der Waals surface area contributed by atoms with Gasteiger partial charge in [0, 0.05) is 52.0 Å². The summed E-state index contributed by atoms with van der Waals surface area (Å²) in [7, 11) is 5.23. The van der Waals surface area contributed by atoms with Crippen molar-refractivity contribution in [2.75, 3.05) is 58.8 Å².